The van der Waals surface area contributed by atoms with E-state index in [9.17, 15) is 22.8 Å². The molecule has 0 heterocycles. The van der Waals surface area contributed by atoms with E-state index in [1.54, 1.807) is 0 Å². The Labute approximate surface area is 116 Å². The van der Waals surface area contributed by atoms with Gasteiger partial charge in [-0.2, -0.15) is 13.2 Å². The molecule has 0 radical (unpaired) electrons. The SMILES string of the molecule is NC(CC(=O)O)C(=O)Nc1ccc(C(F)(F)F)cc1Cl. The van der Waals surface area contributed by atoms with E-state index >= 15 is 0 Å². The third-order valence-corrected chi connectivity index (χ3v) is 2.60. The summed E-state index contributed by atoms with van der Waals surface area (Å²) in [7, 11) is 0. The molecule has 9 heteroatoms. The molecule has 110 valence electrons. The van der Waals surface area contributed by atoms with Gasteiger partial charge in [0.05, 0.1) is 28.7 Å². The minimum absolute atomic E-state index is 0.0782. The summed E-state index contributed by atoms with van der Waals surface area (Å²) in [5.74, 6) is -2.12. The Morgan fingerprint density at radius 2 is 2.00 bits per heavy atom. The molecule has 1 aromatic rings. The van der Waals surface area contributed by atoms with Crippen molar-refractivity contribution in [2.75, 3.05) is 5.32 Å². The maximum atomic E-state index is 12.4. The number of nitrogens with one attached hydrogen (secondary N) is 1. The van der Waals surface area contributed by atoms with Crippen molar-refractivity contribution in [2.45, 2.75) is 18.6 Å². The quantitative estimate of drug-likeness (QED) is 0.794. The normalized spacial score (nSPS) is 12.8. The summed E-state index contributed by atoms with van der Waals surface area (Å²) in [5.41, 5.74) is 4.26. The van der Waals surface area contributed by atoms with Crippen molar-refractivity contribution in [3.05, 3.63) is 28.8 Å². The Kier molecular flexibility index (Phi) is 4.96. The number of benzene rings is 1. The average Bonchev–Trinajstić information content (AvgIpc) is 2.29. The molecule has 0 bridgehead atoms. The molecule has 20 heavy (non-hydrogen) atoms. The fourth-order valence-electron chi connectivity index (χ4n) is 1.30. The van der Waals surface area contributed by atoms with Crippen molar-refractivity contribution in [1.29, 1.82) is 0 Å². The number of hydrogen-bond acceptors (Lipinski definition) is 3. The van der Waals surface area contributed by atoms with Crippen molar-refractivity contribution >= 4 is 29.2 Å². The number of rotatable bonds is 4. The summed E-state index contributed by atoms with van der Waals surface area (Å²) in [6, 6.07) is 1.03. The minimum atomic E-state index is -4.55. The van der Waals surface area contributed by atoms with Crippen LogP contribution in [0.1, 0.15) is 12.0 Å². The molecular weight excluding hydrogens is 301 g/mol. The first kappa shape index (κ1) is 16.3. The first-order valence-corrected chi connectivity index (χ1v) is 5.64. The maximum Gasteiger partial charge on any atom is 0.416 e. The zero-order valence-corrected chi connectivity index (χ0v) is 10.6. The van der Waals surface area contributed by atoms with Gasteiger partial charge in [0, 0.05) is 0 Å². The van der Waals surface area contributed by atoms with Gasteiger partial charge in [0.1, 0.15) is 0 Å². The van der Waals surface area contributed by atoms with E-state index < -0.39 is 36.1 Å². The van der Waals surface area contributed by atoms with E-state index in [4.69, 9.17) is 22.4 Å². The third-order valence-electron chi connectivity index (χ3n) is 2.29. The Morgan fingerprint density at radius 1 is 1.40 bits per heavy atom. The molecule has 0 aliphatic heterocycles. The number of alkyl halides is 3. The van der Waals surface area contributed by atoms with Crippen molar-refractivity contribution in [2.24, 2.45) is 5.73 Å². The molecule has 1 aromatic carbocycles. The van der Waals surface area contributed by atoms with Gasteiger partial charge in [-0.15, -0.1) is 0 Å². The Bertz CT molecular complexity index is 534. The number of amides is 1. The molecule has 0 aliphatic rings. The van der Waals surface area contributed by atoms with Gasteiger partial charge in [-0.3, -0.25) is 9.59 Å². The van der Waals surface area contributed by atoms with Gasteiger partial charge in [0.2, 0.25) is 5.91 Å². The lowest BCUT2D eigenvalue weighted by molar-refractivity contribution is -0.139. The number of aliphatic carboxylic acids is 1. The van der Waals surface area contributed by atoms with Gasteiger partial charge in [-0.25, -0.2) is 0 Å². The van der Waals surface area contributed by atoms with E-state index in [0.717, 1.165) is 12.1 Å². The molecule has 0 fully saturated rings. The molecule has 0 spiro atoms. The molecule has 1 atom stereocenters. The van der Waals surface area contributed by atoms with Crippen LogP contribution >= 0.6 is 11.6 Å². The topological polar surface area (TPSA) is 92.4 Å². The Hall–Kier alpha value is -1.80. The van der Waals surface area contributed by atoms with E-state index in [2.05, 4.69) is 5.32 Å². The Morgan fingerprint density at radius 3 is 2.45 bits per heavy atom. The lowest BCUT2D eigenvalue weighted by Gasteiger charge is -2.13. The smallest absolute Gasteiger partial charge is 0.416 e. The van der Waals surface area contributed by atoms with E-state index in [1.165, 1.54) is 0 Å². The molecule has 1 unspecified atom stereocenters. The highest BCUT2D eigenvalue weighted by Gasteiger charge is 2.31. The Balaban J connectivity index is 2.84. The fraction of sp³-hybridized carbons (Fsp3) is 0.273. The predicted octanol–water partition coefficient (Wildman–Crippen LogP) is 2.10. The first-order chi connectivity index (χ1) is 9.11. The second-order valence-electron chi connectivity index (χ2n) is 3.89. The number of hydrogen-bond donors (Lipinski definition) is 3. The fourth-order valence-corrected chi connectivity index (χ4v) is 1.53. The van der Waals surface area contributed by atoms with Gasteiger partial charge < -0.3 is 16.2 Å². The second kappa shape index (κ2) is 6.10. The highest BCUT2D eigenvalue weighted by Crippen LogP contribution is 2.33. The van der Waals surface area contributed by atoms with Crippen LogP contribution in [-0.2, 0) is 15.8 Å². The van der Waals surface area contributed by atoms with Crippen LogP contribution in [0.4, 0.5) is 18.9 Å². The number of halogens is 4. The molecule has 0 aliphatic carbocycles. The van der Waals surface area contributed by atoms with Crippen LogP contribution in [0.5, 0.6) is 0 Å². The van der Waals surface area contributed by atoms with Crippen molar-refractivity contribution in [3.63, 3.8) is 0 Å². The zero-order valence-electron chi connectivity index (χ0n) is 9.87. The largest absolute Gasteiger partial charge is 0.481 e. The first-order valence-electron chi connectivity index (χ1n) is 5.26. The van der Waals surface area contributed by atoms with Crippen LogP contribution in [0.3, 0.4) is 0 Å². The molecule has 0 aromatic heterocycles. The minimum Gasteiger partial charge on any atom is -0.481 e. The third kappa shape index (κ3) is 4.39. The number of carbonyl (C=O) groups is 2. The highest BCUT2D eigenvalue weighted by atomic mass is 35.5. The number of carboxylic acids is 1. The summed E-state index contributed by atoms with van der Waals surface area (Å²) in [6.07, 6.45) is -5.16. The van der Waals surface area contributed by atoms with Crippen LogP contribution < -0.4 is 11.1 Å². The summed E-state index contributed by atoms with van der Waals surface area (Å²) in [4.78, 5) is 21.9. The van der Waals surface area contributed by atoms with E-state index in [-0.39, 0.29) is 10.7 Å². The number of carbonyl (C=O) groups excluding carboxylic acids is 1. The zero-order chi connectivity index (χ0) is 15.5. The standard InChI is InChI=1S/C11H10ClF3N2O3/c12-6-3-5(11(13,14)15)1-2-8(6)17-10(20)7(16)4-9(18)19/h1-3,7H,4,16H2,(H,17,20)(H,18,19). The summed E-state index contributed by atoms with van der Waals surface area (Å²) >= 11 is 5.62. The molecule has 4 N–H and O–H groups in total. The number of nitrogens with two attached hydrogens (primary N) is 1. The van der Waals surface area contributed by atoms with E-state index in [0.29, 0.717) is 6.07 Å². The van der Waals surface area contributed by atoms with Gasteiger partial charge >= 0.3 is 12.1 Å². The number of anilines is 1. The van der Waals surface area contributed by atoms with Crippen molar-refractivity contribution in [3.8, 4) is 0 Å². The van der Waals surface area contributed by atoms with Crippen molar-refractivity contribution < 1.29 is 27.9 Å². The molecule has 5 nitrogen and oxygen atoms in total. The summed E-state index contributed by atoms with van der Waals surface area (Å²) < 4.78 is 37.2. The molecule has 0 saturated carbocycles. The highest BCUT2D eigenvalue weighted by molar-refractivity contribution is 6.33. The monoisotopic (exact) mass is 310 g/mol. The van der Waals surface area contributed by atoms with Gasteiger partial charge in [0.25, 0.3) is 0 Å². The lowest BCUT2D eigenvalue weighted by atomic mass is 10.1. The predicted molar refractivity (Wildman–Crippen MR) is 65.3 cm³/mol. The molecule has 0 saturated heterocycles. The second-order valence-corrected chi connectivity index (χ2v) is 4.29. The van der Waals surface area contributed by atoms with Crippen LogP contribution in [0.2, 0.25) is 5.02 Å². The van der Waals surface area contributed by atoms with Crippen LogP contribution in [0.15, 0.2) is 18.2 Å². The lowest BCUT2D eigenvalue weighted by Crippen LogP contribution is -2.37. The van der Waals surface area contributed by atoms with Gasteiger partial charge in [-0.1, -0.05) is 11.6 Å². The van der Waals surface area contributed by atoms with Crippen LogP contribution in [0, 0.1) is 0 Å². The van der Waals surface area contributed by atoms with E-state index in [1.807, 2.05) is 0 Å². The van der Waals surface area contributed by atoms with Crippen molar-refractivity contribution in [1.82, 2.24) is 0 Å². The molecule has 1 amide bonds. The molecular formula is C11H10ClF3N2O3. The molecule has 1 rings (SSSR count). The number of carboxylic acid groups (broad SMARTS) is 1. The summed E-state index contributed by atoms with van der Waals surface area (Å²) in [6.45, 7) is 0. The van der Waals surface area contributed by atoms with Crippen LogP contribution in [-0.4, -0.2) is 23.0 Å². The summed E-state index contributed by atoms with van der Waals surface area (Å²) in [5, 5.41) is 10.3. The van der Waals surface area contributed by atoms with Gasteiger partial charge in [-0.05, 0) is 18.2 Å². The maximum absolute atomic E-state index is 12.4. The van der Waals surface area contributed by atoms with Gasteiger partial charge in [0.15, 0.2) is 0 Å². The van der Waals surface area contributed by atoms with Crippen LogP contribution in [0.25, 0.3) is 0 Å². The average molecular weight is 311 g/mol.